The largest absolute Gasteiger partial charge is 0.417 e. The van der Waals surface area contributed by atoms with Gasteiger partial charge < -0.3 is 9.52 Å². The number of benzene rings is 1. The molecule has 0 saturated carbocycles. The number of nitrogens with one attached hydrogen (secondary N) is 1. The molecule has 1 aromatic carbocycles. The second kappa shape index (κ2) is 4.08. The van der Waals surface area contributed by atoms with Crippen LogP contribution in [0.1, 0.15) is 9.88 Å². The number of aliphatic hydroxyl groups excluding tert-OH is 1. The fourth-order valence-corrected chi connectivity index (χ4v) is 2.69. The SMILES string of the molecule is Cc1sc(CO)nc1-c1ccc2[nH]c(=O)oc2c1. The molecule has 0 radical (unpaired) electrons. The van der Waals surface area contributed by atoms with Gasteiger partial charge in [0.05, 0.1) is 17.8 Å². The monoisotopic (exact) mass is 262 g/mol. The number of H-pyrrole nitrogens is 1. The van der Waals surface area contributed by atoms with Gasteiger partial charge in [-0.25, -0.2) is 9.78 Å². The summed E-state index contributed by atoms with van der Waals surface area (Å²) in [4.78, 5) is 19.0. The van der Waals surface area contributed by atoms with Crippen molar-refractivity contribution in [2.45, 2.75) is 13.5 Å². The number of hydrogen-bond donors (Lipinski definition) is 2. The van der Waals surface area contributed by atoms with E-state index < -0.39 is 5.76 Å². The number of rotatable bonds is 2. The molecule has 18 heavy (non-hydrogen) atoms. The second-order valence-corrected chi connectivity index (χ2v) is 5.18. The Morgan fingerprint density at radius 1 is 1.50 bits per heavy atom. The highest BCUT2D eigenvalue weighted by atomic mass is 32.1. The van der Waals surface area contributed by atoms with Gasteiger partial charge >= 0.3 is 5.76 Å². The third-order valence-corrected chi connectivity index (χ3v) is 3.63. The highest BCUT2D eigenvalue weighted by Gasteiger charge is 2.11. The summed E-state index contributed by atoms with van der Waals surface area (Å²) in [5.74, 6) is -0.465. The zero-order valence-electron chi connectivity index (χ0n) is 9.56. The zero-order chi connectivity index (χ0) is 12.7. The first-order chi connectivity index (χ1) is 8.67. The van der Waals surface area contributed by atoms with Crippen LogP contribution in [0.4, 0.5) is 0 Å². The first-order valence-electron chi connectivity index (χ1n) is 5.38. The van der Waals surface area contributed by atoms with Crippen LogP contribution in [0.3, 0.4) is 0 Å². The molecule has 2 aromatic heterocycles. The maximum absolute atomic E-state index is 11.1. The van der Waals surface area contributed by atoms with E-state index in [0.717, 1.165) is 16.1 Å². The van der Waals surface area contributed by atoms with Crippen LogP contribution >= 0.6 is 11.3 Å². The molecular weight excluding hydrogens is 252 g/mol. The molecule has 0 bridgehead atoms. The Balaban J connectivity index is 2.18. The predicted molar refractivity (Wildman–Crippen MR) is 68.6 cm³/mol. The number of thiazole rings is 1. The number of aliphatic hydroxyl groups is 1. The molecule has 0 aliphatic carbocycles. The molecule has 0 amide bonds. The molecule has 0 aliphatic rings. The van der Waals surface area contributed by atoms with E-state index in [4.69, 9.17) is 9.52 Å². The van der Waals surface area contributed by atoms with E-state index >= 15 is 0 Å². The van der Waals surface area contributed by atoms with Gasteiger partial charge in [0.1, 0.15) is 5.01 Å². The van der Waals surface area contributed by atoms with E-state index in [-0.39, 0.29) is 6.61 Å². The maximum Gasteiger partial charge on any atom is 0.417 e. The normalized spacial score (nSPS) is 11.2. The predicted octanol–water partition coefficient (Wildman–Crippen LogP) is 2.05. The van der Waals surface area contributed by atoms with Crippen LogP contribution in [-0.4, -0.2) is 15.1 Å². The molecule has 0 spiro atoms. The Kier molecular flexibility index (Phi) is 2.53. The van der Waals surface area contributed by atoms with Crippen LogP contribution in [0.15, 0.2) is 27.4 Å². The minimum absolute atomic E-state index is 0.0625. The van der Waals surface area contributed by atoms with Gasteiger partial charge in [-0.05, 0) is 19.1 Å². The first-order valence-corrected chi connectivity index (χ1v) is 6.19. The van der Waals surface area contributed by atoms with Crippen molar-refractivity contribution in [1.29, 1.82) is 0 Å². The van der Waals surface area contributed by atoms with Gasteiger partial charge in [-0.3, -0.25) is 4.98 Å². The van der Waals surface area contributed by atoms with Crippen molar-refractivity contribution in [3.8, 4) is 11.3 Å². The molecule has 3 aromatic rings. The van der Waals surface area contributed by atoms with Gasteiger partial charge in [0.2, 0.25) is 0 Å². The molecule has 2 N–H and O–H groups in total. The summed E-state index contributed by atoms with van der Waals surface area (Å²) in [6.07, 6.45) is 0. The minimum Gasteiger partial charge on any atom is -0.408 e. The summed E-state index contributed by atoms with van der Waals surface area (Å²) in [7, 11) is 0. The number of hydrogen-bond acceptors (Lipinski definition) is 5. The lowest BCUT2D eigenvalue weighted by atomic mass is 10.1. The van der Waals surface area contributed by atoms with Crippen LogP contribution in [0.25, 0.3) is 22.4 Å². The fraction of sp³-hybridized carbons (Fsp3) is 0.167. The summed E-state index contributed by atoms with van der Waals surface area (Å²) in [6.45, 7) is 1.89. The van der Waals surface area contributed by atoms with Crippen molar-refractivity contribution in [1.82, 2.24) is 9.97 Å². The average molecular weight is 262 g/mol. The Labute approximate surface area is 106 Å². The molecule has 3 rings (SSSR count). The maximum atomic E-state index is 11.1. The molecule has 0 saturated heterocycles. The Morgan fingerprint density at radius 2 is 2.33 bits per heavy atom. The number of fused-ring (bicyclic) bond motifs is 1. The number of aryl methyl sites for hydroxylation is 1. The first kappa shape index (κ1) is 11.2. The van der Waals surface area contributed by atoms with E-state index in [1.807, 2.05) is 13.0 Å². The van der Waals surface area contributed by atoms with E-state index in [0.29, 0.717) is 16.1 Å². The quantitative estimate of drug-likeness (QED) is 0.740. The van der Waals surface area contributed by atoms with E-state index in [1.165, 1.54) is 11.3 Å². The third kappa shape index (κ3) is 1.75. The van der Waals surface area contributed by atoms with E-state index in [2.05, 4.69) is 9.97 Å². The molecule has 5 nitrogen and oxygen atoms in total. The molecule has 6 heteroatoms. The molecule has 0 aliphatic heterocycles. The topological polar surface area (TPSA) is 79.1 Å². The van der Waals surface area contributed by atoms with E-state index in [9.17, 15) is 4.79 Å². The summed E-state index contributed by atoms with van der Waals surface area (Å²) in [5, 5.41) is 9.76. The molecule has 92 valence electrons. The van der Waals surface area contributed by atoms with Crippen LogP contribution in [0.2, 0.25) is 0 Å². The minimum atomic E-state index is -0.465. The van der Waals surface area contributed by atoms with Crippen molar-refractivity contribution >= 4 is 22.4 Å². The zero-order valence-corrected chi connectivity index (χ0v) is 10.4. The van der Waals surface area contributed by atoms with Gasteiger partial charge in [0.15, 0.2) is 5.58 Å². The smallest absolute Gasteiger partial charge is 0.408 e. The van der Waals surface area contributed by atoms with Crippen molar-refractivity contribution in [2.75, 3.05) is 0 Å². The lowest BCUT2D eigenvalue weighted by Crippen LogP contribution is -1.92. The number of oxazole rings is 1. The molecule has 0 fully saturated rings. The molecule has 0 unspecified atom stereocenters. The number of nitrogens with zero attached hydrogens (tertiary/aromatic N) is 1. The van der Waals surface area contributed by atoms with Gasteiger partial charge in [-0.2, -0.15) is 0 Å². The lowest BCUT2D eigenvalue weighted by Gasteiger charge is -1.97. The third-order valence-electron chi connectivity index (χ3n) is 2.67. The average Bonchev–Trinajstić information content (AvgIpc) is 2.89. The molecule has 2 heterocycles. The van der Waals surface area contributed by atoms with Gasteiger partial charge in [0, 0.05) is 10.4 Å². The van der Waals surface area contributed by atoms with Crippen LogP contribution in [0.5, 0.6) is 0 Å². The Morgan fingerprint density at radius 3 is 3.06 bits per heavy atom. The highest BCUT2D eigenvalue weighted by Crippen LogP contribution is 2.29. The Hall–Kier alpha value is -1.92. The fourth-order valence-electron chi connectivity index (χ4n) is 1.88. The van der Waals surface area contributed by atoms with Crippen molar-refractivity contribution < 1.29 is 9.52 Å². The molecule has 0 atom stereocenters. The molecular formula is C12H10N2O3S. The van der Waals surface area contributed by atoms with Crippen LogP contribution in [-0.2, 0) is 6.61 Å². The highest BCUT2D eigenvalue weighted by molar-refractivity contribution is 7.12. The summed E-state index contributed by atoms with van der Waals surface area (Å²) < 4.78 is 5.02. The van der Waals surface area contributed by atoms with Crippen molar-refractivity contribution in [3.05, 3.63) is 38.6 Å². The van der Waals surface area contributed by atoms with Gasteiger partial charge in [-0.1, -0.05) is 6.07 Å². The van der Waals surface area contributed by atoms with Crippen LogP contribution < -0.4 is 5.76 Å². The van der Waals surface area contributed by atoms with Crippen molar-refractivity contribution in [3.63, 3.8) is 0 Å². The van der Waals surface area contributed by atoms with Crippen LogP contribution in [0, 0.1) is 6.92 Å². The van der Waals surface area contributed by atoms with Gasteiger partial charge in [0.25, 0.3) is 0 Å². The summed E-state index contributed by atoms with van der Waals surface area (Å²) in [6, 6.07) is 5.43. The summed E-state index contributed by atoms with van der Waals surface area (Å²) >= 11 is 1.46. The lowest BCUT2D eigenvalue weighted by molar-refractivity contribution is 0.281. The number of aromatic nitrogens is 2. The standard InChI is InChI=1S/C12H10N2O3S/c1-6-11(14-10(5-15)18-6)7-2-3-8-9(4-7)17-12(16)13-8/h2-4,15H,5H2,1H3,(H,13,16). The number of aromatic amines is 1. The van der Waals surface area contributed by atoms with Gasteiger partial charge in [-0.15, -0.1) is 11.3 Å². The van der Waals surface area contributed by atoms with Crippen molar-refractivity contribution in [2.24, 2.45) is 0 Å². The Bertz CT molecular complexity index is 769. The van der Waals surface area contributed by atoms with E-state index in [1.54, 1.807) is 12.1 Å². The summed E-state index contributed by atoms with van der Waals surface area (Å²) in [5.41, 5.74) is 2.86. The second-order valence-electron chi connectivity index (χ2n) is 3.90.